The molecule has 1 unspecified atom stereocenters. The maximum Gasteiger partial charge on any atom is 0.598 e. The van der Waals surface area contributed by atoms with Crippen LogP contribution >= 0.6 is 8.03 Å². The van der Waals surface area contributed by atoms with Crippen molar-refractivity contribution in [1.29, 1.82) is 0 Å². The first-order valence-electron chi connectivity index (χ1n) is 10.1. The second-order valence-corrected chi connectivity index (χ2v) is 8.88. The molecule has 0 aromatic heterocycles. The monoisotopic (exact) mass is 423 g/mol. The molecule has 1 N–H and O–H groups in total. The summed E-state index contributed by atoms with van der Waals surface area (Å²) in [6.07, 6.45) is 0.779. The number of benzene rings is 3. The van der Waals surface area contributed by atoms with Crippen LogP contribution in [0, 0.1) is 13.8 Å². The van der Waals surface area contributed by atoms with E-state index in [0.29, 0.717) is 17.2 Å². The van der Waals surface area contributed by atoms with Crippen LogP contribution in [0.3, 0.4) is 0 Å². The maximum atomic E-state index is 12.2. The van der Waals surface area contributed by atoms with Gasteiger partial charge in [-0.2, -0.15) is 0 Å². The SMILES string of the molecule is Cc1cc(OC[P+](=O)Oc2ccccc2)cc(C)c1Cc1ccc(O)c(C(C)C)c1. The van der Waals surface area contributed by atoms with Crippen LogP contribution < -0.4 is 9.26 Å². The number of rotatable bonds is 8. The fourth-order valence-corrected chi connectivity index (χ4v) is 4.11. The predicted molar refractivity (Wildman–Crippen MR) is 121 cm³/mol. The summed E-state index contributed by atoms with van der Waals surface area (Å²) in [6, 6.07) is 18.8. The Morgan fingerprint density at radius 3 is 2.23 bits per heavy atom. The number of phenols is 1. The lowest BCUT2D eigenvalue weighted by molar-refractivity contribution is 0.362. The molecule has 0 bridgehead atoms. The van der Waals surface area contributed by atoms with Crippen LogP contribution in [0.4, 0.5) is 0 Å². The Hall–Kier alpha value is -2.84. The van der Waals surface area contributed by atoms with Crippen LogP contribution in [0.15, 0.2) is 60.7 Å². The van der Waals surface area contributed by atoms with E-state index < -0.39 is 8.03 Å². The van der Waals surface area contributed by atoms with Crippen LogP contribution in [0.5, 0.6) is 17.2 Å². The van der Waals surface area contributed by atoms with Crippen molar-refractivity contribution in [2.45, 2.75) is 40.0 Å². The first-order valence-corrected chi connectivity index (χ1v) is 11.4. The van der Waals surface area contributed by atoms with Gasteiger partial charge in [-0.25, -0.2) is 0 Å². The van der Waals surface area contributed by atoms with Gasteiger partial charge in [-0.05, 0) is 88.9 Å². The van der Waals surface area contributed by atoms with Crippen molar-refractivity contribution >= 4 is 8.03 Å². The number of ether oxygens (including phenoxy) is 1. The first-order chi connectivity index (χ1) is 14.3. The molecular formula is C25H28O4P+. The van der Waals surface area contributed by atoms with Gasteiger partial charge in [-0.1, -0.05) is 44.2 Å². The normalized spacial score (nSPS) is 11.4. The highest BCUT2D eigenvalue weighted by molar-refractivity contribution is 7.39. The molecule has 0 fully saturated rings. The lowest BCUT2D eigenvalue weighted by atomic mass is 9.93. The average Bonchev–Trinajstić information content (AvgIpc) is 2.71. The summed E-state index contributed by atoms with van der Waals surface area (Å²) < 4.78 is 23.3. The van der Waals surface area contributed by atoms with Gasteiger partial charge in [0.25, 0.3) is 0 Å². The average molecular weight is 423 g/mol. The van der Waals surface area contributed by atoms with Crippen molar-refractivity contribution in [3.05, 3.63) is 88.5 Å². The molecule has 0 aliphatic heterocycles. The van der Waals surface area contributed by atoms with Gasteiger partial charge in [0, 0.05) is 0 Å². The van der Waals surface area contributed by atoms with Gasteiger partial charge in [0.1, 0.15) is 11.5 Å². The second kappa shape index (κ2) is 9.77. The number of hydrogen-bond donors (Lipinski definition) is 1. The van der Waals surface area contributed by atoms with Gasteiger partial charge < -0.3 is 9.84 Å². The standard InChI is InChI=1S/C25H27O4P/c1-17(2)23-14-20(10-11-25(23)26)15-24-18(3)12-22(13-19(24)4)28-16-30(27)29-21-8-6-5-7-9-21/h5-14,17H,15-16H2,1-4H3/p+1. The molecule has 30 heavy (non-hydrogen) atoms. The Bertz CT molecular complexity index is 1010. The van der Waals surface area contributed by atoms with E-state index in [4.69, 9.17) is 9.26 Å². The topological polar surface area (TPSA) is 55.8 Å². The zero-order valence-electron chi connectivity index (χ0n) is 17.9. The highest BCUT2D eigenvalue weighted by Crippen LogP contribution is 2.31. The molecule has 1 atom stereocenters. The molecule has 4 nitrogen and oxygen atoms in total. The molecule has 0 spiro atoms. The van der Waals surface area contributed by atoms with E-state index in [1.54, 1.807) is 18.2 Å². The molecule has 0 saturated carbocycles. The first kappa shape index (κ1) is 21.9. The molecule has 3 rings (SSSR count). The molecule has 3 aromatic rings. The third-order valence-electron chi connectivity index (χ3n) is 5.05. The third-order valence-corrected chi connectivity index (χ3v) is 5.81. The van der Waals surface area contributed by atoms with Crippen molar-refractivity contribution < 1.29 is 18.9 Å². The van der Waals surface area contributed by atoms with Crippen molar-refractivity contribution in [2.24, 2.45) is 0 Å². The van der Waals surface area contributed by atoms with Gasteiger partial charge in [0.05, 0.1) is 0 Å². The zero-order chi connectivity index (χ0) is 21.7. The summed E-state index contributed by atoms with van der Waals surface area (Å²) in [5.41, 5.74) is 5.58. The molecule has 0 heterocycles. The fourth-order valence-electron chi connectivity index (χ4n) is 3.45. The van der Waals surface area contributed by atoms with Crippen LogP contribution in [0.2, 0.25) is 0 Å². The van der Waals surface area contributed by atoms with Crippen LogP contribution in [-0.2, 0) is 11.0 Å². The Kier molecular flexibility index (Phi) is 7.12. The summed E-state index contributed by atoms with van der Waals surface area (Å²) in [5.74, 6) is 1.86. The van der Waals surface area contributed by atoms with Crippen LogP contribution in [-0.4, -0.2) is 11.5 Å². The van der Waals surface area contributed by atoms with E-state index in [1.165, 1.54) is 5.56 Å². The molecule has 156 valence electrons. The van der Waals surface area contributed by atoms with E-state index in [2.05, 4.69) is 33.8 Å². The van der Waals surface area contributed by atoms with E-state index in [0.717, 1.165) is 28.7 Å². The van der Waals surface area contributed by atoms with Crippen molar-refractivity contribution in [3.63, 3.8) is 0 Å². The molecule has 0 radical (unpaired) electrons. The largest absolute Gasteiger partial charge is 0.598 e. The number of aromatic hydroxyl groups is 1. The maximum absolute atomic E-state index is 12.2. The smallest absolute Gasteiger partial charge is 0.508 e. The number of aryl methyl sites for hydroxylation is 2. The number of para-hydroxylation sites is 1. The second-order valence-electron chi connectivity index (χ2n) is 7.77. The molecule has 0 aliphatic rings. The van der Waals surface area contributed by atoms with Gasteiger partial charge in [0.2, 0.25) is 0 Å². The van der Waals surface area contributed by atoms with Crippen molar-refractivity contribution in [1.82, 2.24) is 0 Å². The van der Waals surface area contributed by atoms with Crippen LogP contribution in [0.25, 0.3) is 0 Å². The quantitative estimate of drug-likeness (QED) is 0.401. The van der Waals surface area contributed by atoms with Crippen molar-refractivity contribution in [2.75, 3.05) is 6.35 Å². The van der Waals surface area contributed by atoms with E-state index in [1.807, 2.05) is 36.4 Å². The molecular weight excluding hydrogens is 395 g/mol. The summed E-state index contributed by atoms with van der Waals surface area (Å²) in [7, 11) is -1.96. The Morgan fingerprint density at radius 2 is 1.60 bits per heavy atom. The third kappa shape index (κ3) is 5.61. The molecule has 3 aromatic carbocycles. The Labute approximate surface area is 179 Å². The van der Waals surface area contributed by atoms with Gasteiger partial charge in [-0.3, -0.25) is 4.52 Å². The highest BCUT2D eigenvalue weighted by atomic mass is 31.1. The van der Waals surface area contributed by atoms with Gasteiger partial charge in [0.15, 0.2) is 5.75 Å². The highest BCUT2D eigenvalue weighted by Gasteiger charge is 2.20. The minimum absolute atomic E-state index is 0.00182. The predicted octanol–water partition coefficient (Wildman–Crippen LogP) is 6.88. The zero-order valence-corrected chi connectivity index (χ0v) is 18.8. The Morgan fingerprint density at radius 1 is 0.933 bits per heavy atom. The van der Waals surface area contributed by atoms with Gasteiger partial charge >= 0.3 is 14.4 Å². The van der Waals surface area contributed by atoms with Crippen LogP contribution in [0.1, 0.15) is 47.6 Å². The molecule has 0 aliphatic carbocycles. The summed E-state index contributed by atoms with van der Waals surface area (Å²) in [4.78, 5) is 0. The number of phenolic OH excluding ortho intramolecular Hbond substituents is 1. The molecule has 5 heteroatoms. The minimum Gasteiger partial charge on any atom is -0.508 e. The fraction of sp³-hybridized carbons (Fsp3) is 0.280. The summed E-state index contributed by atoms with van der Waals surface area (Å²) in [5, 5.41) is 10.1. The van der Waals surface area contributed by atoms with E-state index in [9.17, 15) is 9.67 Å². The minimum atomic E-state index is -1.96. The summed E-state index contributed by atoms with van der Waals surface area (Å²) in [6.45, 7) is 8.26. The van der Waals surface area contributed by atoms with E-state index >= 15 is 0 Å². The van der Waals surface area contributed by atoms with Crippen molar-refractivity contribution in [3.8, 4) is 17.2 Å². The lowest BCUT2D eigenvalue weighted by Gasteiger charge is -2.14. The number of hydrogen-bond acceptors (Lipinski definition) is 4. The lowest BCUT2D eigenvalue weighted by Crippen LogP contribution is -2.01. The van der Waals surface area contributed by atoms with Gasteiger partial charge in [-0.15, -0.1) is 0 Å². The molecule has 0 amide bonds. The summed E-state index contributed by atoms with van der Waals surface area (Å²) >= 11 is 0. The van der Waals surface area contributed by atoms with E-state index in [-0.39, 0.29) is 12.3 Å². The Balaban J connectivity index is 1.68. The molecule has 0 saturated heterocycles.